The molecule has 0 bridgehead atoms. The van der Waals surface area contributed by atoms with Crippen LogP contribution in [0.2, 0.25) is 0 Å². The zero-order chi connectivity index (χ0) is 17.8. The van der Waals surface area contributed by atoms with E-state index in [0.717, 1.165) is 29.9 Å². The number of imidazole rings is 1. The van der Waals surface area contributed by atoms with Gasteiger partial charge in [-0.1, -0.05) is 29.8 Å². The average molecular weight is 339 g/mol. The number of rotatable bonds is 2. The van der Waals surface area contributed by atoms with Crippen LogP contribution in [0.1, 0.15) is 51.0 Å². The van der Waals surface area contributed by atoms with Crippen molar-refractivity contribution < 1.29 is 9.53 Å². The van der Waals surface area contributed by atoms with Gasteiger partial charge in [0, 0.05) is 6.04 Å². The second kappa shape index (κ2) is 5.61. The SMILES string of the molecule is Cc1ccc(-c2cnc([C@@H]3C[C@@H]4C[C@@H]4N3C(=O)OC(C)(C)C)[nH]2)cc1. The lowest BCUT2D eigenvalue weighted by molar-refractivity contribution is 0.0175. The standard InChI is InChI=1S/C20H25N3O2/c1-12-5-7-13(8-6-12)15-11-21-18(22-15)17-10-14-9-16(14)23(17)19(24)25-20(2,3)4/h5-8,11,14,16-17H,9-10H2,1-4H3,(H,21,22)/t14-,16-,17-/m0/s1. The molecule has 2 aliphatic rings. The number of carbonyl (C=O) groups excluding carboxylic acids is 1. The molecule has 0 spiro atoms. The number of aromatic nitrogens is 2. The number of aromatic amines is 1. The molecule has 25 heavy (non-hydrogen) atoms. The molecule has 1 amide bonds. The summed E-state index contributed by atoms with van der Waals surface area (Å²) >= 11 is 0. The number of aryl methyl sites for hydroxylation is 1. The Morgan fingerprint density at radius 2 is 1.96 bits per heavy atom. The van der Waals surface area contributed by atoms with Gasteiger partial charge in [-0.3, -0.25) is 4.90 Å². The molecule has 1 saturated heterocycles. The first kappa shape index (κ1) is 16.2. The van der Waals surface area contributed by atoms with Gasteiger partial charge in [0.25, 0.3) is 0 Å². The smallest absolute Gasteiger partial charge is 0.411 e. The molecule has 3 atom stereocenters. The van der Waals surface area contributed by atoms with E-state index in [0.29, 0.717) is 12.0 Å². The Balaban J connectivity index is 1.57. The third-order valence-corrected chi connectivity index (χ3v) is 4.98. The Morgan fingerprint density at radius 1 is 1.24 bits per heavy atom. The summed E-state index contributed by atoms with van der Waals surface area (Å²) in [5.41, 5.74) is 2.84. The third kappa shape index (κ3) is 3.15. The molecule has 132 valence electrons. The van der Waals surface area contributed by atoms with Crippen LogP contribution in [0.3, 0.4) is 0 Å². The van der Waals surface area contributed by atoms with Gasteiger partial charge in [-0.2, -0.15) is 0 Å². The Hall–Kier alpha value is -2.30. The number of carbonyl (C=O) groups is 1. The third-order valence-electron chi connectivity index (χ3n) is 4.98. The summed E-state index contributed by atoms with van der Waals surface area (Å²) in [7, 11) is 0. The molecule has 1 saturated carbocycles. The van der Waals surface area contributed by atoms with E-state index in [2.05, 4.69) is 41.2 Å². The first-order chi connectivity index (χ1) is 11.8. The second-order valence-electron chi connectivity index (χ2n) is 8.25. The number of fused-ring (bicyclic) bond motifs is 1. The molecule has 5 nitrogen and oxygen atoms in total. The molecule has 2 fully saturated rings. The van der Waals surface area contributed by atoms with E-state index >= 15 is 0 Å². The minimum atomic E-state index is -0.481. The Labute approximate surface area is 148 Å². The molecule has 1 aliphatic carbocycles. The van der Waals surface area contributed by atoms with Gasteiger partial charge in [-0.05, 0) is 52.0 Å². The number of H-pyrrole nitrogens is 1. The monoisotopic (exact) mass is 339 g/mol. The van der Waals surface area contributed by atoms with Crippen molar-refractivity contribution in [3.8, 4) is 11.3 Å². The van der Waals surface area contributed by atoms with E-state index in [-0.39, 0.29) is 12.1 Å². The fourth-order valence-electron chi connectivity index (χ4n) is 3.66. The highest BCUT2D eigenvalue weighted by atomic mass is 16.6. The predicted molar refractivity (Wildman–Crippen MR) is 96.1 cm³/mol. The largest absolute Gasteiger partial charge is 0.444 e. The molecule has 0 unspecified atom stereocenters. The molecule has 2 aromatic rings. The molecule has 0 radical (unpaired) electrons. The van der Waals surface area contributed by atoms with Crippen molar-refractivity contribution in [1.29, 1.82) is 0 Å². The number of amides is 1. The highest BCUT2D eigenvalue weighted by Crippen LogP contribution is 2.53. The summed E-state index contributed by atoms with van der Waals surface area (Å²) in [6.45, 7) is 7.79. The van der Waals surface area contributed by atoms with Gasteiger partial charge < -0.3 is 9.72 Å². The normalized spacial score (nSPS) is 25.0. The highest BCUT2D eigenvalue weighted by Gasteiger charge is 2.56. The van der Waals surface area contributed by atoms with Crippen LogP contribution in [-0.4, -0.2) is 32.6 Å². The maximum atomic E-state index is 12.7. The van der Waals surface area contributed by atoms with Gasteiger partial charge >= 0.3 is 6.09 Å². The van der Waals surface area contributed by atoms with E-state index in [1.807, 2.05) is 31.9 Å². The van der Waals surface area contributed by atoms with Crippen molar-refractivity contribution in [2.45, 2.75) is 58.2 Å². The quantitative estimate of drug-likeness (QED) is 0.879. The lowest BCUT2D eigenvalue weighted by Gasteiger charge is -2.29. The summed E-state index contributed by atoms with van der Waals surface area (Å²) in [5.74, 6) is 1.44. The molecular formula is C20H25N3O2. The summed E-state index contributed by atoms with van der Waals surface area (Å²) in [6.07, 6.45) is 3.68. The molecule has 1 aromatic heterocycles. The van der Waals surface area contributed by atoms with Gasteiger partial charge in [0.1, 0.15) is 11.4 Å². The number of nitrogens with zero attached hydrogens (tertiary/aromatic N) is 2. The van der Waals surface area contributed by atoms with Crippen LogP contribution in [0, 0.1) is 12.8 Å². The summed E-state index contributed by atoms with van der Waals surface area (Å²) in [4.78, 5) is 22.5. The number of nitrogens with one attached hydrogen (secondary N) is 1. The molecule has 1 aliphatic heterocycles. The van der Waals surface area contributed by atoms with Crippen LogP contribution in [-0.2, 0) is 4.74 Å². The van der Waals surface area contributed by atoms with Crippen molar-refractivity contribution in [1.82, 2.24) is 14.9 Å². The molecule has 4 rings (SSSR count). The molecule has 5 heteroatoms. The van der Waals surface area contributed by atoms with E-state index in [1.165, 1.54) is 5.56 Å². The van der Waals surface area contributed by atoms with Crippen LogP contribution in [0.4, 0.5) is 4.79 Å². The van der Waals surface area contributed by atoms with E-state index in [1.54, 1.807) is 0 Å². The summed E-state index contributed by atoms with van der Waals surface area (Å²) in [5, 5.41) is 0. The minimum Gasteiger partial charge on any atom is -0.444 e. The zero-order valence-corrected chi connectivity index (χ0v) is 15.2. The molecule has 1 N–H and O–H groups in total. The summed E-state index contributed by atoms with van der Waals surface area (Å²) in [6, 6.07) is 8.65. The number of piperidine rings is 1. The number of hydrogen-bond acceptors (Lipinski definition) is 3. The van der Waals surface area contributed by atoms with Gasteiger partial charge in [-0.15, -0.1) is 0 Å². The van der Waals surface area contributed by atoms with Crippen molar-refractivity contribution in [2.24, 2.45) is 5.92 Å². The van der Waals surface area contributed by atoms with E-state index < -0.39 is 5.60 Å². The lowest BCUT2D eigenvalue weighted by atomic mass is 10.1. The van der Waals surface area contributed by atoms with Gasteiger partial charge in [0.2, 0.25) is 0 Å². The maximum Gasteiger partial charge on any atom is 0.411 e. The lowest BCUT2D eigenvalue weighted by Crippen LogP contribution is -2.38. The second-order valence-corrected chi connectivity index (χ2v) is 8.25. The van der Waals surface area contributed by atoms with Crippen molar-refractivity contribution in [3.63, 3.8) is 0 Å². The average Bonchev–Trinajstić information content (AvgIpc) is 2.97. The predicted octanol–water partition coefficient (Wildman–Crippen LogP) is 4.46. The Kier molecular flexibility index (Phi) is 3.63. The number of benzene rings is 1. The minimum absolute atomic E-state index is 0.0159. The zero-order valence-electron chi connectivity index (χ0n) is 15.2. The van der Waals surface area contributed by atoms with Crippen LogP contribution in [0.15, 0.2) is 30.5 Å². The summed E-state index contributed by atoms with van der Waals surface area (Å²) < 4.78 is 5.62. The maximum absolute atomic E-state index is 12.7. The first-order valence-corrected chi connectivity index (χ1v) is 8.95. The van der Waals surface area contributed by atoms with Crippen molar-refractivity contribution in [2.75, 3.05) is 0 Å². The van der Waals surface area contributed by atoms with E-state index in [4.69, 9.17) is 4.74 Å². The molecule has 2 heterocycles. The Morgan fingerprint density at radius 3 is 2.64 bits per heavy atom. The molecule has 1 aromatic carbocycles. The van der Waals surface area contributed by atoms with Crippen LogP contribution in [0.5, 0.6) is 0 Å². The van der Waals surface area contributed by atoms with Crippen molar-refractivity contribution >= 4 is 6.09 Å². The van der Waals surface area contributed by atoms with Gasteiger partial charge in [0.15, 0.2) is 0 Å². The number of hydrogen-bond donors (Lipinski definition) is 1. The van der Waals surface area contributed by atoms with Gasteiger partial charge in [-0.25, -0.2) is 9.78 Å². The topological polar surface area (TPSA) is 58.2 Å². The highest BCUT2D eigenvalue weighted by molar-refractivity contribution is 5.70. The van der Waals surface area contributed by atoms with Gasteiger partial charge in [0.05, 0.1) is 17.9 Å². The fraction of sp³-hybridized carbons (Fsp3) is 0.500. The van der Waals surface area contributed by atoms with E-state index in [9.17, 15) is 4.79 Å². The Bertz CT molecular complexity index is 788. The van der Waals surface area contributed by atoms with Crippen LogP contribution < -0.4 is 0 Å². The molecular weight excluding hydrogens is 314 g/mol. The number of ether oxygens (including phenoxy) is 1. The number of likely N-dealkylation sites (tertiary alicyclic amines) is 1. The van der Waals surface area contributed by atoms with Crippen molar-refractivity contribution in [3.05, 3.63) is 41.9 Å². The first-order valence-electron chi connectivity index (χ1n) is 8.95. The van der Waals surface area contributed by atoms with Crippen LogP contribution in [0.25, 0.3) is 11.3 Å². The van der Waals surface area contributed by atoms with Crippen LogP contribution >= 0.6 is 0 Å². The fourth-order valence-corrected chi connectivity index (χ4v) is 3.66.